The monoisotopic (exact) mass is 239 g/mol. The van der Waals surface area contributed by atoms with Crippen LogP contribution in [0.25, 0.3) is 0 Å². The summed E-state index contributed by atoms with van der Waals surface area (Å²) in [6, 6.07) is 0. The lowest BCUT2D eigenvalue weighted by atomic mass is 10.1. The van der Waals surface area contributed by atoms with Gasteiger partial charge in [-0.05, 0) is 32.9 Å². The molecule has 96 valence electrons. The van der Waals surface area contributed by atoms with Gasteiger partial charge >= 0.3 is 0 Å². The molecular weight excluding hydrogens is 218 g/mol. The lowest BCUT2D eigenvalue weighted by molar-refractivity contribution is -0.122. The van der Waals surface area contributed by atoms with Crippen molar-refractivity contribution in [1.82, 2.24) is 16.0 Å². The van der Waals surface area contributed by atoms with Crippen LogP contribution in [-0.4, -0.2) is 37.5 Å². The van der Waals surface area contributed by atoms with Crippen LogP contribution in [0.4, 0.5) is 0 Å². The van der Waals surface area contributed by atoms with E-state index in [1.165, 1.54) is 0 Å². The van der Waals surface area contributed by atoms with Gasteiger partial charge in [-0.2, -0.15) is 0 Å². The van der Waals surface area contributed by atoms with E-state index < -0.39 is 0 Å². The number of hydrogen-bond acceptors (Lipinski definition) is 4. The molecule has 0 aromatic carbocycles. The average molecular weight is 239 g/mol. The van der Waals surface area contributed by atoms with Crippen LogP contribution in [0.5, 0.6) is 0 Å². The summed E-state index contributed by atoms with van der Waals surface area (Å²) in [5.74, 6) is 0.0145. The molecular formula is C12H21N3O2. The third-order valence-electron chi connectivity index (χ3n) is 2.65. The minimum Gasteiger partial charge on any atom is -0.352 e. The Kier molecular flexibility index (Phi) is 5.86. The molecule has 5 heteroatoms. The zero-order chi connectivity index (χ0) is 12.7. The fourth-order valence-corrected chi connectivity index (χ4v) is 1.64. The third-order valence-corrected chi connectivity index (χ3v) is 2.65. The number of carbonyl (C=O) groups is 2. The zero-order valence-corrected chi connectivity index (χ0v) is 10.3. The van der Waals surface area contributed by atoms with E-state index in [1.807, 2.05) is 0 Å². The van der Waals surface area contributed by atoms with Gasteiger partial charge in [0.05, 0.1) is 0 Å². The molecule has 0 radical (unpaired) electrons. The molecule has 17 heavy (non-hydrogen) atoms. The maximum Gasteiger partial charge on any atom is 0.246 e. The Morgan fingerprint density at radius 2 is 2.00 bits per heavy atom. The second kappa shape index (κ2) is 7.19. The predicted octanol–water partition coefficient (Wildman–Crippen LogP) is -0.0630. The molecule has 5 nitrogen and oxygen atoms in total. The fourth-order valence-electron chi connectivity index (χ4n) is 1.64. The molecule has 0 aromatic heterocycles. The highest BCUT2D eigenvalue weighted by atomic mass is 16.1. The van der Waals surface area contributed by atoms with Crippen molar-refractivity contribution in [3.8, 4) is 0 Å². The van der Waals surface area contributed by atoms with Gasteiger partial charge in [-0.15, -0.1) is 0 Å². The van der Waals surface area contributed by atoms with Crippen molar-refractivity contribution >= 4 is 11.7 Å². The molecule has 0 saturated carbocycles. The van der Waals surface area contributed by atoms with E-state index in [4.69, 9.17) is 0 Å². The van der Waals surface area contributed by atoms with E-state index in [0.717, 1.165) is 19.5 Å². The highest BCUT2D eigenvalue weighted by molar-refractivity contribution is 5.92. The van der Waals surface area contributed by atoms with E-state index >= 15 is 0 Å². The molecule has 1 saturated heterocycles. The molecule has 1 amide bonds. The summed E-state index contributed by atoms with van der Waals surface area (Å²) in [5, 5.41) is 8.96. The maximum absolute atomic E-state index is 11.7. The van der Waals surface area contributed by atoms with Gasteiger partial charge in [0.25, 0.3) is 0 Å². The first-order chi connectivity index (χ1) is 8.11. The Morgan fingerprint density at radius 1 is 1.35 bits per heavy atom. The topological polar surface area (TPSA) is 70.2 Å². The van der Waals surface area contributed by atoms with Crippen LogP contribution in [0.3, 0.4) is 0 Å². The molecule has 1 fully saturated rings. The van der Waals surface area contributed by atoms with Crippen LogP contribution < -0.4 is 16.0 Å². The van der Waals surface area contributed by atoms with Gasteiger partial charge in [0, 0.05) is 18.5 Å². The number of rotatable bonds is 6. The minimum absolute atomic E-state index is 0.147. The second-order valence-corrected chi connectivity index (χ2v) is 4.30. The van der Waals surface area contributed by atoms with E-state index in [1.54, 1.807) is 6.92 Å². The molecule has 0 bridgehead atoms. The molecule has 0 aromatic rings. The third kappa shape index (κ3) is 5.10. The van der Waals surface area contributed by atoms with E-state index in [9.17, 15) is 9.59 Å². The maximum atomic E-state index is 11.7. The van der Waals surface area contributed by atoms with Gasteiger partial charge in [-0.25, -0.2) is 0 Å². The summed E-state index contributed by atoms with van der Waals surface area (Å²) in [6.45, 7) is 7.49. The zero-order valence-electron chi connectivity index (χ0n) is 10.3. The Balaban J connectivity index is 2.11. The average Bonchev–Trinajstić information content (AvgIpc) is 2.35. The van der Waals surface area contributed by atoms with E-state index in [-0.39, 0.29) is 17.9 Å². The number of Topliss-reactive ketones (excluding diaryl/α,β-unsaturated/α-hetero) is 1. The van der Waals surface area contributed by atoms with Crippen molar-refractivity contribution in [2.45, 2.75) is 32.4 Å². The van der Waals surface area contributed by atoms with Crippen molar-refractivity contribution in [1.29, 1.82) is 0 Å². The number of ketones is 1. The van der Waals surface area contributed by atoms with Gasteiger partial charge in [-0.1, -0.05) is 6.58 Å². The fraction of sp³-hybridized carbons (Fsp3) is 0.667. The van der Waals surface area contributed by atoms with Crippen molar-refractivity contribution in [2.24, 2.45) is 0 Å². The summed E-state index contributed by atoms with van der Waals surface area (Å²) < 4.78 is 0. The molecule has 1 rings (SSSR count). The Hall–Kier alpha value is -1.20. The molecule has 0 aliphatic carbocycles. The highest BCUT2D eigenvalue weighted by Gasteiger charge is 2.18. The summed E-state index contributed by atoms with van der Waals surface area (Å²) in [7, 11) is 0. The first-order valence-corrected chi connectivity index (χ1v) is 6.04. The largest absolute Gasteiger partial charge is 0.352 e. The quantitative estimate of drug-likeness (QED) is 0.448. The molecule has 0 atom stereocenters. The predicted molar refractivity (Wildman–Crippen MR) is 66.5 cm³/mol. The van der Waals surface area contributed by atoms with Gasteiger partial charge in [0.2, 0.25) is 5.91 Å². The van der Waals surface area contributed by atoms with Gasteiger partial charge in [0.1, 0.15) is 6.17 Å². The first-order valence-electron chi connectivity index (χ1n) is 6.04. The van der Waals surface area contributed by atoms with Crippen molar-refractivity contribution < 1.29 is 9.59 Å². The summed E-state index contributed by atoms with van der Waals surface area (Å²) >= 11 is 0. The van der Waals surface area contributed by atoms with Crippen molar-refractivity contribution in [3.63, 3.8) is 0 Å². The van der Waals surface area contributed by atoms with Gasteiger partial charge in [0.15, 0.2) is 5.78 Å². The normalized spacial score (nSPS) is 16.5. The Bertz CT molecular complexity index is 296. The molecule has 0 spiro atoms. The molecule has 3 N–H and O–H groups in total. The lowest BCUT2D eigenvalue weighted by Gasteiger charge is -2.23. The standard InChI is InChI=1S/C12H21N3O2/c1-9(2)12(17)15-6-3-5-10(16)11-13-7-4-8-14-11/h11,13-14H,1,3-8H2,2H3,(H,15,17). The minimum atomic E-state index is -0.208. The van der Waals surface area contributed by atoms with Crippen LogP contribution >= 0.6 is 0 Å². The smallest absolute Gasteiger partial charge is 0.246 e. The summed E-state index contributed by atoms with van der Waals surface area (Å²) in [5.41, 5.74) is 0.493. The number of carbonyl (C=O) groups excluding carboxylic acids is 2. The molecule has 1 aliphatic rings. The van der Waals surface area contributed by atoms with Crippen LogP contribution in [-0.2, 0) is 9.59 Å². The summed E-state index contributed by atoms with van der Waals surface area (Å²) in [6.07, 6.45) is 1.98. The molecule has 1 aliphatic heterocycles. The number of amides is 1. The van der Waals surface area contributed by atoms with Crippen LogP contribution in [0.15, 0.2) is 12.2 Å². The summed E-state index contributed by atoms with van der Waals surface area (Å²) in [4.78, 5) is 22.9. The Morgan fingerprint density at radius 3 is 2.59 bits per heavy atom. The van der Waals surface area contributed by atoms with E-state index in [0.29, 0.717) is 25.0 Å². The van der Waals surface area contributed by atoms with Crippen molar-refractivity contribution in [2.75, 3.05) is 19.6 Å². The lowest BCUT2D eigenvalue weighted by Crippen LogP contribution is -2.53. The number of hydrogen-bond donors (Lipinski definition) is 3. The second-order valence-electron chi connectivity index (χ2n) is 4.30. The van der Waals surface area contributed by atoms with Gasteiger partial charge < -0.3 is 5.32 Å². The van der Waals surface area contributed by atoms with Gasteiger partial charge in [-0.3, -0.25) is 20.2 Å². The van der Waals surface area contributed by atoms with E-state index in [2.05, 4.69) is 22.5 Å². The first kappa shape index (κ1) is 13.9. The number of nitrogens with one attached hydrogen (secondary N) is 3. The van der Waals surface area contributed by atoms with Crippen LogP contribution in [0, 0.1) is 0 Å². The van der Waals surface area contributed by atoms with Crippen LogP contribution in [0.1, 0.15) is 26.2 Å². The van der Waals surface area contributed by atoms with Crippen LogP contribution in [0.2, 0.25) is 0 Å². The molecule has 1 heterocycles. The van der Waals surface area contributed by atoms with Crippen molar-refractivity contribution in [3.05, 3.63) is 12.2 Å². The Labute approximate surface area is 102 Å². The molecule has 0 unspecified atom stereocenters. The highest BCUT2D eigenvalue weighted by Crippen LogP contribution is 1.97. The SMILES string of the molecule is C=C(C)C(=O)NCCCC(=O)C1NCCCN1.